The van der Waals surface area contributed by atoms with Gasteiger partial charge in [-0.05, 0) is 67.3 Å². The lowest BCUT2D eigenvalue weighted by atomic mass is 10.1. The minimum Gasteiger partial charge on any atom is -0.494 e. The lowest BCUT2D eigenvalue weighted by Gasteiger charge is -2.06. The molecule has 0 radical (unpaired) electrons. The van der Waals surface area contributed by atoms with Gasteiger partial charge in [-0.25, -0.2) is 0 Å². The fraction of sp³-hybridized carbons (Fsp3) is 0.250. The van der Waals surface area contributed by atoms with Gasteiger partial charge in [0.05, 0.1) is 6.61 Å². The Hall–Kier alpha value is -2.55. The summed E-state index contributed by atoms with van der Waals surface area (Å²) in [5.41, 5.74) is 4.15. The maximum atomic E-state index is 12.0. The second-order valence-electron chi connectivity index (χ2n) is 5.54. The molecule has 2 rings (SSSR count). The molecule has 3 nitrogen and oxygen atoms in total. The fourth-order valence-corrected chi connectivity index (χ4v) is 2.07. The van der Waals surface area contributed by atoms with Crippen molar-refractivity contribution in [2.75, 3.05) is 11.9 Å². The van der Waals surface area contributed by atoms with Gasteiger partial charge < -0.3 is 10.1 Å². The molecule has 0 aliphatic rings. The highest BCUT2D eigenvalue weighted by atomic mass is 16.5. The van der Waals surface area contributed by atoms with Crippen LogP contribution in [0, 0.1) is 13.8 Å². The van der Waals surface area contributed by atoms with Crippen molar-refractivity contribution < 1.29 is 9.53 Å². The van der Waals surface area contributed by atoms with Crippen LogP contribution in [-0.2, 0) is 4.79 Å². The fourth-order valence-electron chi connectivity index (χ4n) is 2.07. The topological polar surface area (TPSA) is 38.3 Å². The van der Waals surface area contributed by atoms with Crippen LogP contribution in [0.1, 0.15) is 30.0 Å². The van der Waals surface area contributed by atoms with Crippen LogP contribution in [-0.4, -0.2) is 12.5 Å². The van der Waals surface area contributed by atoms with Crippen LogP contribution >= 0.6 is 0 Å². The molecule has 0 aliphatic carbocycles. The molecular weight excluding hydrogens is 286 g/mol. The van der Waals surface area contributed by atoms with Crippen molar-refractivity contribution in [3.8, 4) is 5.75 Å². The normalized spacial score (nSPS) is 10.7. The van der Waals surface area contributed by atoms with E-state index < -0.39 is 0 Å². The maximum absolute atomic E-state index is 12.0. The molecule has 0 aromatic heterocycles. The highest BCUT2D eigenvalue weighted by Gasteiger charge is 2.00. The van der Waals surface area contributed by atoms with Crippen LogP contribution < -0.4 is 10.1 Å². The standard InChI is InChI=1S/C20H23NO2/c1-4-13-23-19-10-6-17(7-11-19)8-12-20(22)21-18-9-5-15(2)16(3)14-18/h5-12,14H,4,13H2,1-3H3,(H,21,22). The zero-order valence-electron chi connectivity index (χ0n) is 13.9. The van der Waals surface area contributed by atoms with Crippen molar-refractivity contribution in [1.82, 2.24) is 0 Å². The summed E-state index contributed by atoms with van der Waals surface area (Å²) in [6.45, 7) is 6.87. The van der Waals surface area contributed by atoms with Gasteiger partial charge in [0.15, 0.2) is 0 Å². The molecule has 0 spiro atoms. The number of hydrogen-bond donors (Lipinski definition) is 1. The number of benzene rings is 2. The molecule has 0 saturated heterocycles. The van der Waals surface area contributed by atoms with Crippen LogP contribution in [0.5, 0.6) is 5.75 Å². The molecule has 0 bridgehead atoms. The second-order valence-corrected chi connectivity index (χ2v) is 5.54. The molecule has 0 fully saturated rings. The smallest absolute Gasteiger partial charge is 0.248 e. The van der Waals surface area contributed by atoms with Gasteiger partial charge in [-0.15, -0.1) is 0 Å². The van der Waals surface area contributed by atoms with Crippen molar-refractivity contribution >= 4 is 17.7 Å². The number of carbonyl (C=O) groups excluding carboxylic acids is 1. The number of nitrogens with one attached hydrogen (secondary N) is 1. The summed E-state index contributed by atoms with van der Waals surface area (Å²) in [5.74, 6) is 0.711. The predicted octanol–water partition coefficient (Wildman–Crippen LogP) is 4.74. The summed E-state index contributed by atoms with van der Waals surface area (Å²) in [5, 5.41) is 2.87. The van der Waals surface area contributed by atoms with E-state index in [0.717, 1.165) is 29.0 Å². The molecule has 0 aliphatic heterocycles. The largest absolute Gasteiger partial charge is 0.494 e. The quantitative estimate of drug-likeness (QED) is 0.782. The van der Waals surface area contributed by atoms with E-state index in [9.17, 15) is 4.79 Å². The van der Waals surface area contributed by atoms with Crippen LogP contribution in [0.25, 0.3) is 6.08 Å². The Balaban J connectivity index is 1.93. The molecular formula is C20H23NO2. The summed E-state index contributed by atoms with van der Waals surface area (Å²) in [4.78, 5) is 12.0. The molecule has 1 N–H and O–H groups in total. The van der Waals surface area contributed by atoms with Crippen molar-refractivity contribution in [1.29, 1.82) is 0 Å². The van der Waals surface area contributed by atoms with Gasteiger partial charge in [0.1, 0.15) is 5.75 Å². The average molecular weight is 309 g/mol. The number of ether oxygens (including phenoxy) is 1. The van der Waals surface area contributed by atoms with Gasteiger partial charge in [0.25, 0.3) is 0 Å². The lowest BCUT2D eigenvalue weighted by molar-refractivity contribution is -0.111. The minimum absolute atomic E-state index is 0.139. The molecule has 120 valence electrons. The Bertz CT molecular complexity index is 687. The van der Waals surface area contributed by atoms with E-state index >= 15 is 0 Å². The van der Waals surface area contributed by atoms with E-state index in [1.54, 1.807) is 6.08 Å². The van der Waals surface area contributed by atoms with Gasteiger partial charge in [0, 0.05) is 11.8 Å². The summed E-state index contributed by atoms with van der Waals surface area (Å²) in [6, 6.07) is 13.6. The number of aryl methyl sites for hydroxylation is 2. The summed E-state index contributed by atoms with van der Waals surface area (Å²) in [6.07, 6.45) is 4.32. The van der Waals surface area contributed by atoms with Gasteiger partial charge in [-0.1, -0.05) is 25.1 Å². The zero-order chi connectivity index (χ0) is 16.7. The Morgan fingerprint density at radius 1 is 1.09 bits per heavy atom. The molecule has 23 heavy (non-hydrogen) atoms. The predicted molar refractivity (Wildman–Crippen MR) is 95.8 cm³/mol. The van der Waals surface area contributed by atoms with Crippen molar-refractivity contribution in [2.24, 2.45) is 0 Å². The van der Waals surface area contributed by atoms with E-state index in [1.165, 1.54) is 11.6 Å². The first-order valence-electron chi connectivity index (χ1n) is 7.87. The van der Waals surface area contributed by atoms with Crippen LogP contribution in [0.3, 0.4) is 0 Å². The van der Waals surface area contributed by atoms with E-state index in [0.29, 0.717) is 6.61 Å². The van der Waals surface area contributed by atoms with Crippen LogP contribution in [0.4, 0.5) is 5.69 Å². The maximum Gasteiger partial charge on any atom is 0.248 e. The highest BCUT2D eigenvalue weighted by molar-refractivity contribution is 6.01. The first-order chi connectivity index (χ1) is 11.1. The van der Waals surface area contributed by atoms with Crippen molar-refractivity contribution in [2.45, 2.75) is 27.2 Å². The molecule has 3 heteroatoms. The Morgan fingerprint density at radius 3 is 2.48 bits per heavy atom. The minimum atomic E-state index is -0.139. The third-order valence-electron chi connectivity index (χ3n) is 3.55. The SMILES string of the molecule is CCCOc1ccc(C=CC(=O)Nc2ccc(C)c(C)c2)cc1. The molecule has 0 atom stereocenters. The first-order valence-corrected chi connectivity index (χ1v) is 7.87. The van der Waals surface area contributed by atoms with E-state index in [1.807, 2.05) is 49.4 Å². The van der Waals surface area contributed by atoms with Gasteiger partial charge >= 0.3 is 0 Å². The number of rotatable bonds is 6. The highest BCUT2D eigenvalue weighted by Crippen LogP contribution is 2.15. The monoisotopic (exact) mass is 309 g/mol. The summed E-state index contributed by atoms with van der Waals surface area (Å²) in [7, 11) is 0. The Morgan fingerprint density at radius 2 is 1.83 bits per heavy atom. The third-order valence-corrected chi connectivity index (χ3v) is 3.55. The third kappa shape index (κ3) is 5.29. The van der Waals surface area contributed by atoms with E-state index in [2.05, 4.69) is 19.2 Å². The van der Waals surface area contributed by atoms with Gasteiger partial charge in [-0.2, -0.15) is 0 Å². The van der Waals surface area contributed by atoms with E-state index in [-0.39, 0.29) is 5.91 Å². The second kappa shape index (κ2) is 8.18. The molecule has 2 aromatic rings. The average Bonchev–Trinajstić information content (AvgIpc) is 2.55. The van der Waals surface area contributed by atoms with Crippen molar-refractivity contribution in [3.63, 3.8) is 0 Å². The molecule has 0 heterocycles. The number of carbonyl (C=O) groups is 1. The van der Waals surface area contributed by atoms with Gasteiger partial charge in [-0.3, -0.25) is 4.79 Å². The summed E-state index contributed by atoms with van der Waals surface area (Å²) >= 11 is 0. The lowest BCUT2D eigenvalue weighted by Crippen LogP contribution is -2.07. The van der Waals surface area contributed by atoms with E-state index in [4.69, 9.17) is 4.74 Å². The van der Waals surface area contributed by atoms with Crippen LogP contribution in [0.15, 0.2) is 48.5 Å². The number of amides is 1. The molecule has 2 aromatic carbocycles. The zero-order valence-corrected chi connectivity index (χ0v) is 13.9. The summed E-state index contributed by atoms with van der Waals surface area (Å²) < 4.78 is 5.53. The molecule has 0 saturated carbocycles. The number of anilines is 1. The number of hydrogen-bond acceptors (Lipinski definition) is 2. The first kappa shape index (κ1) is 16.8. The van der Waals surface area contributed by atoms with Crippen molar-refractivity contribution in [3.05, 3.63) is 65.2 Å². The molecule has 0 unspecified atom stereocenters. The molecule has 1 amide bonds. The Labute approximate surface area is 138 Å². The van der Waals surface area contributed by atoms with Crippen LogP contribution in [0.2, 0.25) is 0 Å². The van der Waals surface area contributed by atoms with Gasteiger partial charge in [0.2, 0.25) is 5.91 Å². The Kier molecular flexibility index (Phi) is 5.98.